The van der Waals surface area contributed by atoms with E-state index in [4.69, 9.17) is 4.84 Å². The summed E-state index contributed by atoms with van der Waals surface area (Å²) in [4.78, 5) is 37.8. The van der Waals surface area contributed by atoms with E-state index < -0.39 is 46.7 Å². The lowest BCUT2D eigenvalue weighted by molar-refractivity contribution is -0.139. The van der Waals surface area contributed by atoms with Gasteiger partial charge in [-0.1, -0.05) is 11.6 Å². The maximum Gasteiger partial charge on any atom is 0.423 e. The summed E-state index contributed by atoms with van der Waals surface area (Å²) in [6.45, 7) is 1.95. The quantitative estimate of drug-likeness (QED) is 0.275. The van der Waals surface area contributed by atoms with Crippen molar-refractivity contribution in [2.24, 2.45) is 0 Å². The third-order valence-corrected chi connectivity index (χ3v) is 5.00. The maximum absolute atomic E-state index is 13.1. The molecule has 1 aliphatic rings. The Morgan fingerprint density at radius 2 is 1.86 bits per heavy atom. The number of rotatable bonds is 8. The number of carbonyl (C=O) groups excluding carboxylic acids is 1. The van der Waals surface area contributed by atoms with Crippen LogP contribution >= 0.6 is 0 Å². The van der Waals surface area contributed by atoms with Crippen molar-refractivity contribution >= 4 is 17.5 Å². The molecule has 0 bridgehead atoms. The molecular weight excluding hydrogens is 500 g/mol. The van der Waals surface area contributed by atoms with Gasteiger partial charge in [-0.3, -0.25) is 14.4 Å². The molecule has 16 heteroatoms. The molecule has 1 amide bonds. The first-order chi connectivity index (χ1) is 16.8. The lowest BCUT2D eigenvalue weighted by Crippen LogP contribution is -2.34. The topological polar surface area (TPSA) is 125 Å². The smallest absolute Gasteiger partial charge is 0.378 e. The fourth-order valence-corrected chi connectivity index (χ4v) is 3.27. The highest BCUT2D eigenvalue weighted by Crippen LogP contribution is 2.31. The SMILES string of the molecule is CC(CONC(=O)CC1=CCN(c2ncc(C(F)(F)F)cn2)CC1)Nc1cn[nH]c(=O)c1C(F)(F)F. The standard InChI is InChI=1S/C20H21F6N7O3/c1-11(30-14-9-29-31-17(35)16(14)20(24,25)26)10-36-32-15(34)6-12-2-4-33(5-3-12)18-27-7-13(8-28-18)19(21,22)23/h2,7-9,11H,3-6,10H2,1H3,(H,32,34)(H2,30,31,35). The minimum atomic E-state index is -4.89. The Morgan fingerprint density at radius 3 is 2.44 bits per heavy atom. The van der Waals surface area contributed by atoms with Gasteiger partial charge in [-0.2, -0.15) is 31.4 Å². The van der Waals surface area contributed by atoms with Crippen LogP contribution in [0.25, 0.3) is 0 Å². The van der Waals surface area contributed by atoms with Crippen LogP contribution in [0.1, 0.15) is 30.9 Å². The summed E-state index contributed by atoms with van der Waals surface area (Å²) in [6, 6.07) is -0.721. The van der Waals surface area contributed by atoms with Crippen LogP contribution in [0.5, 0.6) is 0 Å². The normalized spacial score (nSPS) is 15.3. The van der Waals surface area contributed by atoms with Crippen molar-refractivity contribution in [1.29, 1.82) is 0 Å². The zero-order valence-corrected chi connectivity index (χ0v) is 18.7. The molecule has 36 heavy (non-hydrogen) atoms. The molecule has 0 saturated heterocycles. The molecule has 3 heterocycles. The number of H-pyrrole nitrogens is 1. The molecule has 196 valence electrons. The Bertz CT molecular complexity index is 1150. The van der Waals surface area contributed by atoms with Gasteiger partial charge in [-0.05, 0) is 13.3 Å². The summed E-state index contributed by atoms with van der Waals surface area (Å²) in [5.74, 6) is -0.363. The Morgan fingerprint density at radius 1 is 1.17 bits per heavy atom. The fourth-order valence-electron chi connectivity index (χ4n) is 3.27. The van der Waals surface area contributed by atoms with Crippen LogP contribution in [0, 0.1) is 0 Å². The Kier molecular flexibility index (Phi) is 8.17. The largest absolute Gasteiger partial charge is 0.423 e. The second-order valence-corrected chi connectivity index (χ2v) is 7.87. The van der Waals surface area contributed by atoms with Gasteiger partial charge in [-0.25, -0.2) is 20.5 Å². The molecule has 0 aromatic carbocycles. The molecule has 0 fully saturated rings. The lowest BCUT2D eigenvalue weighted by atomic mass is 10.0. The van der Waals surface area contributed by atoms with Gasteiger partial charge in [0.05, 0.1) is 24.1 Å². The van der Waals surface area contributed by atoms with Crippen LogP contribution in [0.4, 0.5) is 38.0 Å². The first kappa shape index (κ1) is 26.9. The van der Waals surface area contributed by atoms with Crippen LogP contribution in [-0.2, 0) is 22.0 Å². The predicted octanol–water partition coefficient (Wildman–Crippen LogP) is 2.67. The molecule has 0 aliphatic carbocycles. The van der Waals surface area contributed by atoms with E-state index >= 15 is 0 Å². The van der Waals surface area contributed by atoms with Crippen LogP contribution in [0.15, 0.2) is 35.0 Å². The van der Waals surface area contributed by atoms with E-state index in [1.807, 2.05) is 0 Å². The Hall–Kier alpha value is -3.69. The van der Waals surface area contributed by atoms with Crippen molar-refractivity contribution in [3.63, 3.8) is 0 Å². The first-order valence-electron chi connectivity index (χ1n) is 10.5. The van der Waals surface area contributed by atoms with Crippen molar-refractivity contribution in [3.8, 4) is 0 Å². The van der Waals surface area contributed by atoms with E-state index in [2.05, 4.69) is 25.9 Å². The van der Waals surface area contributed by atoms with Crippen molar-refractivity contribution in [3.05, 3.63) is 51.7 Å². The molecule has 10 nitrogen and oxygen atoms in total. The van der Waals surface area contributed by atoms with Gasteiger partial charge in [0.2, 0.25) is 11.9 Å². The lowest BCUT2D eigenvalue weighted by Gasteiger charge is -2.26. The predicted molar refractivity (Wildman–Crippen MR) is 114 cm³/mol. The molecule has 1 unspecified atom stereocenters. The van der Waals surface area contributed by atoms with Crippen molar-refractivity contribution < 1.29 is 36.0 Å². The molecular formula is C20H21F6N7O3. The number of hydrogen-bond acceptors (Lipinski definition) is 8. The summed E-state index contributed by atoms with van der Waals surface area (Å²) in [5, 5.41) is 7.55. The van der Waals surface area contributed by atoms with E-state index in [1.165, 1.54) is 6.92 Å². The van der Waals surface area contributed by atoms with E-state index in [0.717, 1.165) is 11.8 Å². The summed E-state index contributed by atoms with van der Waals surface area (Å²) in [6.07, 6.45) is -5.03. The number of hydrogen-bond donors (Lipinski definition) is 3. The monoisotopic (exact) mass is 521 g/mol. The summed E-state index contributed by atoms with van der Waals surface area (Å²) >= 11 is 0. The average Bonchev–Trinajstić information content (AvgIpc) is 2.78. The second-order valence-electron chi connectivity index (χ2n) is 7.87. The number of amides is 1. The van der Waals surface area contributed by atoms with Crippen LogP contribution < -0.4 is 21.3 Å². The van der Waals surface area contributed by atoms with Gasteiger partial charge in [0.15, 0.2) is 0 Å². The molecule has 2 aromatic rings. The van der Waals surface area contributed by atoms with E-state index in [1.54, 1.807) is 16.1 Å². The van der Waals surface area contributed by atoms with E-state index in [0.29, 0.717) is 31.9 Å². The van der Waals surface area contributed by atoms with Gasteiger partial charge in [0, 0.05) is 37.9 Å². The first-order valence-corrected chi connectivity index (χ1v) is 10.5. The summed E-state index contributed by atoms with van der Waals surface area (Å²) in [5.41, 5.74) is -1.33. The maximum atomic E-state index is 13.1. The van der Waals surface area contributed by atoms with Crippen molar-refractivity contribution in [2.45, 2.75) is 38.2 Å². The molecule has 0 radical (unpaired) electrons. The van der Waals surface area contributed by atoms with Gasteiger partial charge < -0.3 is 10.2 Å². The number of carbonyl (C=O) groups is 1. The van der Waals surface area contributed by atoms with Crippen LogP contribution in [-0.4, -0.2) is 51.8 Å². The highest BCUT2D eigenvalue weighted by atomic mass is 19.4. The van der Waals surface area contributed by atoms with Gasteiger partial charge in [-0.15, -0.1) is 0 Å². The molecule has 0 spiro atoms. The van der Waals surface area contributed by atoms with Crippen molar-refractivity contribution in [1.82, 2.24) is 25.6 Å². The second kappa shape index (κ2) is 10.9. The van der Waals surface area contributed by atoms with Gasteiger partial charge >= 0.3 is 12.4 Å². The minimum Gasteiger partial charge on any atom is -0.378 e. The summed E-state index contributed by atoms with van der Waals surface area (Å²) in [7, 11) is 0. The zero-order chi connectivity index (χ0) is 26.5. The summed E-state index contributed by atoms with van der Waals surface area (Å²) < 4.78 is 77.1. The number of aromatic nitrogens is 4. The van der Waals surface area contributed by atoms with Gasteiger partial charge in [0.1, 0.15) is 5.56 Å². The highest BCUT2D eigenvalue weighted by molar-refractivity contribution is 5.77. The number of nitrogens with one attached hydrogen (secondary N) is 3. The van der Waals surface area contributed by atoms with Crippen LogP contribution in [0.2, 0.25) is 0 Å². The number of halogens is 6. The number of alkyl halides is 6. The highest BCUT2D eigenvalue weighted by Gasteiger charge is 2.37. The van der Waals surface area contributed by atoms with Gasteiger partial charge in [0.25, 0.3) is 5.56 Å². The Balaban J connectivity index is 1.44. The number of hydroxylamine groups is 1. The molecule has 0 saturated carbocycles. The molecule has 1 aliphatic heterocycles. The van der Waals surface area contributed by atoms with E-state index in [9.17, 15) is 35.9 Å². The molecule has 3 N–H and O–H groups in total. The minimum absolute atomic E-state index is 0.0142. The van der Waals surface area contributed by atoms with Crippen molar-refractivity contribution in [2.75, 3.05) is 29.9 Å². The van der Waals surface area contributed by atoms with E-state index in [-0.39, 0.29) is 19.0 Å². The Labute approximate surface area is 199 Å². The molecule has 2 aromatic heterocycles. The third kappa shape index (κ3) is 7.16. The molecule has 1 atom stereocenters. The number of nitrogens with zero attached hydrogens (tertiary/aromatic N) is 4. The molecule has 3 rings (SSSR count). The number of anilines is 2. The fraction of sp³-hybridized carbons (Fsp3) is 0.450. The number of aromatic amines is 1. The van der Waals surface area contributed by atoms with Crippen LogP contribution in [0.3, 0.4) is 0 Å². The third-order valence-electron chi connectivity index (χ3n) is 5.00. The average molecular weight is 521 g/mol. The zero-order valence-electron chi connectivity index (χ0n) is 18.7.